The smallest absolute Gasteiger partial charge is 0.254 e. The lowest BCUT2D eigenvalue weighted by molar-refractivity contribution is 0.0733. The highest BCUT2D eigenvalue weighted by atomic mass is 32.2. The molecule has 3 aromatic carbocycles. The minimum atomic E-state index is 0.0329. The Morgan fingerprint density at radius 1 is 1.03 bits per heavy atom. The summed E-state index contributed by atoms with van der Waals surface area (Å²) in [5.74, 6) is 2.16. The van der Waals surface area contributed by atoms with Crippen molar-refractivity contribution in [2.45, 2.75) is 24.5 Å². The van der Waals surface area contributed by atoms with Crippen molar-refractivity contribution in [2.24, 2.45) is 0 Å². The maximum atomic E-state index is 13.1. The van der Waals surface area contributed by atoms with Crippen LogP contribution in [0.1, 0.15) is 27.0 Å². The van der Waals surface area contributed by atoms with Gasteiger partial charge in [0.05, 0.1) is 14.2 Å². The number of methoxy groups -OCH3 is 2. The average Bonchev–Trinajstić information content (AvgIpc) is 2.86. The first-order valence-corrected chi connectivity index (χ1v) is 11.7. The monoisotopic (exact) mass is 449 g/mol. The molecule has 1 heterocycles. The van der Waals surface area contributed by atoms with Crippen molar-refractivity contribution in [2.75, 3.05) is 27.0 Å². The van der Waals surface area contributed by atoms with E-state index in [0.717, 1.165) is 28.9 Å². The van der Waals surface area contributed by atoms with E-state index in [0.29, 0.717) is 36.8 Å². The summed E-state index contributed by atoms with van der Waals surface area (Å²) in [6, 6.07) is 19.4. The quantitative estimate of drug-likeness (QED) is 0.464. The van der Waals surface area contributed by atoms with Crippen molar-refractivity contribution >= 4 is 17.7 Å². The number of carbonyl (C=O) groups is 1. The van der Waals surface area contributed by atoms with Crippen LogP contribution in [0.5, 0.6) is 17.2 Å². The lowest BCUT2D eigenvalue weighted by Crippen LogP contribution is -2.36. The summed E-state index contributed by atoms with van der Waals surface area (Å²) in [6.07, 6.45) is 2.80. The van der Waals surface area contributed by atoms with E-state index >= 15 is 0 Å². The standard InChI is InChI=1S/C26H27NO4S/c1-29-24-15-19-13-14-27(26(28)18-7-5-4-6-8-18)16-22(19)23(25(24)30-2)17-31-20-9-11-21(32-3)12-10-20/h4-12,15H,13-14,16-17H2,1-3H3. The molecule has 0 N–H and O–H groups in total. The van der Waals surface area contributed by atoms with Crippen LogP contribution in [0.25, 0.3) is 0 Å². The molecule has 1 aliphatic rings. The van der Waals surface area contributed by atoms with Gasteiger partial charge in [-0.1, -0.05) is 18.2 Å². The number of nitrogens with zero attached hydrogens (tertiary/aromatic N) is 1. The lowest BCUT2D eigenvalue weighted by atomic mass is 9.93. The number of hydrogen-bond donors (Lipinski definition) is 0. The SMILES string of the molecule is COc1cc2c(c(COc3ccc(SC)cc3)c1OC)CN(C(=O)c1ccccc1)CC2. The van der Waals surface area contributed by atoms with Crippen LogP contribution in [0.3, 0.4) is 0 Å². The Kier molecular flexibility index (Phi) is 6.90. The molecule has 0 saturated heterocycles. The number of rotatable bonds is 7. The van der Waals surface area contributed by atoms with Gasteiger partial charge in [0.25, 0.3) is 5.91 Å². The highest BCUT2D eigenvalue weighted by molar-refractivity contribution is 7.98. The molecular weight excluding hydrogens is 422 g/mol. The second-order valence-corrected chi connectivity index (χ2v) is 8.41. The summed E-state index contributed by atoms with van der Waals surface area (Å²) < 4.78 is 17.5. The Balaban J connectivity index is 1.65. The van der Waals surface area contributed by atoms with E-state index in [9.17, 15) is 4.79 Å². The van der Waals surface area contributed by atoms with Gasteiger partial charge in [0, 0.05) is 29.1 Å². The van der Waals surface area contributed by atoms with Gasteiger partial charge in [0.2, 0.25) is 0 Å². The molecule has 0 atom stereocenters. The van der Waals surface area contributed by atoms with Crippen LogP contribution in [0, 0.1) is 0 Å². The zero-order valence-electron chi connectivity index (χ0n) is 18.6. The molecule has 0 unspecified atom stereocenters. The van der Waals surface area contributed by atoms with E-state index in [4.69, 9.17) is 14.2 Å². The van der Waals surface area contributed by atoms with E-state index in [1.165, 1.54) is 4.90 Å². The van der Waals surface area contributed by atoms with Crippen LogP contribution in [-0.4, -0.2) is 37.8 Å². The summed E-state index contributed by atoms with van der Waals surface area (Å²) in [6.45, 7) is 1.49. The summed E-state index contributed by atoms with van der Waals surface area (Å²) in [5.41, 5.74) is 3.85. The molecular formula is C26H27NO4S. The number of thioether (sulfide) groups is 1. The van der Waals surface area contributed by atoms with Gasteiger partial charge in [-0.15, -0.1) is 11.8 Å². The van der Waals surface area contributed by atoms with Gasteiger partial charge in [0.15, 0.2) is 11.5 Å². The van der Waals surface area contributed by atoms with Gasteiger partial charge in [-0.3, -0.25) is 4.79 Å². The summed E-state index contributed by atoms with van der Waals surface area (Å²) in [4.78, 5) is 16.1. The fourth-order valence-electron chi connectivity index (χ4n) is 4.03. The van der Waals surface area contributed by atoms with Gasteiger partial charge < -0.3 is 19.1 Å². The Hall–Kier alpha value is -3.12. The van der Waals surface area contributed by atoms with Crippen molar-refractivity contribution < 1.29 is 19.0 Å². The predicted molar refractivity (Wildman–Crippen MR) is 127 cm³/mol. The fraction of sp³-hybridized carbons (Fsp3) is 0.269. The first-order chi connectivity index (χ1) is 15.6. The first kappa shape index (κ1) is 22.1. The fourth-order valence-corrected chi connectivity index (χ4v) is 4.44. The largest absolute Gasteiger partial charge is 0.493 e. The molecule has 0 fully saturated rings. The lowest BCUT2D eigenvalue weighted by Gasteiger charge is -2.32. The van der Waals surface area contributed by atoms with Gasteiger partial charge in [0.1, 0.15) is 12.4 Å². The molecule has 0 radical (unpaired) electrons. The Morgan fingerprint density at radius 2 is 1.78 bits per heavy atom. The average molecular weight is 450 g/mol. The highest BCUT2D eigenvalue weighted by Crippen LogP contribution is 2.39. The number of carbonyl (C=O) groups excluding carboxylic acids is 1. The summed E-state index contributed by atoms with van der Waals surface area (Å²) >= 11 is 1.69. The summed E-state index contributed by atoms with van der Waals surface area (Å²) in [7, 11) is 3.28. The van der Waals surface area contributed by atoms with Gasteiger partial charge >= 0.3 is 0 Å². The number of ether oxygens (including phenoxy) is 3. The third-order valence-corrected chi connectivity index (χ3v) is 6.47. The van der Waals surface area contributed by atoms with E-state index < -0.39 is 0 Å². The van der Waals surface area contributed by atoms with Crippen molar-refractivity contribution in [1.82, 2.24) is 4.90 Å². The van der Waals surface area contributed by atoms with Gasteiger partial charge in [-0.25, -0.2) is 0 Å². The first-order valence-electron chi connectivity index (χ1n) is 10.5. The number of hydrogen-bond acceptors (Lipinski definition) is 5. The molecule has 4 rings (SSSR count). The van der Waals surface area contributed by atoms with Crippen LogP contribution < -0.4 is 14.2 Å². The topological polar surface area (TPSA) is 48.0 Å². The minimum absolute atomic E-state index is 0.0329. The molecule has 3 aromatic rings. The van der Waals surface area contributed by atoms with Gasteiger partial charge in [-0.2, -0.15) is 0 Å². The normalized spacial score (nSPS) is 12.8. The molecule has 5 nitrogen and oxygen atoms in total. The highest BCUT2D eigenvalue weighted by Gasteiger charge is 2.28. The maximum absolute atomic E-state index is 13.1. The molecule has 0 spiro atoms. The molecule has 32 heavy (non-hydrogen) atoms. The van der Waals surface area contributed by atoms with Crippen LogP contribution in [0.4, 0.5) is 0 Å². The molecule has 0 aromatic heterocycles. The molecule has 0 saturated carbocycles. The van der Waals surface area contributed by atoms with Crippen LogP contribution >= 0.6 is 11.8 Å². The number of amides is 1. The second kappa shape index (κ2) is 10.0. The van der Waals surface area contributed by atoms with Crippen LogP contribution in [0.15, 0.2) is 65.6 Å². The van der Waals surface area contributed by atoms with E-state index in [1.54, 1.807) is 26.0 Å². The third-order valence-electron chi connectivity index (χ3n) is 5.73. The number of fused-ring (bicyclic) bond motifs is 1. The predicted octanol–water partition coefficient (Wildman–Crippen LogP) is 5.20. The minimum Gasteiger partial charge on any atom is -0.493 e. The summed E-state index contributed by atoms with van der Waals surface area (Å²) in [5, 5.41) is 0. The Morgan fingerprint density at radius 3 is 2.44 bits per heavy atom. The Bertz CT molecular complexity index is 1080. The van der Waals surface area contributed by atoms with Crippen LogP contribution in [0.2, 0.25) is 0 Å². The third kappa shape index (κ3) is 4.55. The number of benzene rings is 3. The van der Waals surface area contributed by atoms with E-state index in [2.05, 4.69) is 0 Å². The van der Waals surface area contributed by atoms with E-state index in [-0.39, 0.29) is 5.91 Å². The zero-order valence-corrected chi connectivity index (χ0v) is 19.4. The van der Waals surface area contributed by atoms with E-state index in [1.807, 2.05) is 71.8 Å². The molecule has 0 aliphatic carbocycles. The van der Waals surface area contributed by atoms with Crippen molar-refractivity contribution in [3.8, 4) is 17.2 Å². The molecule has 1 amide bonds. The Labute approximate surface area is 193 Å². The van der Waals surface area contributed by atoms with Crippen molar-refractivity contribution in [1.29, 1.82) is 0 Å². The van der Waals surface area contributed by atoms with Crippen molar-refractivity contribution in [3.63, 3.8) is 0 Å². The van der Waals surface area contributed by atoms with Crippen LogP contribution in [-0.2, 0) is 19.6 Å². The maximum Gasteiger partial charge on any atom is 0.254 e. The van der Waals surface area contributed by atoms with Gasteiger partial charge in [-0.05, 0) is 66.3 Å². The molecule has 1 aliphatic heterocycles. The molecule has 166 valence electrons. The second-order valence-electron chi connectivity index (χ2n) is 7.54. The zero-order chi connectivity index (χ0) is 22.5. The van der Waals surface area contributed by atoms with Crippen molar-refractivity contribution in [3.05, 3.63) is 82.9 Å². The molecule has 6 heteroatoms. The molecule has 0 bridgehead atoms.